The van der Waals surface area contributed by atoms with E-state index in [0.29, 0.717) is 18.7 Å². The number of phenols is 1. The first-order chi connectivity index (χ1) is 24.6. The summed E-state index contributed by atoms with van der Waals surface area (Å²) in [5, 5.41) is 30.4. The number of aromatic hydroxyl groups is 1. The Balaban J connectivity index is 1.21. The van der Waals surface area contributed by atoms with Crippen LogP contribution in [0.1, 0.15) is 53.2 Å². The van der Waals surface area contributed by atoms with Crippen molar-refractivity contribution in [2.45, 2.75) is 49.6 Å². The van der Waals surface area contributed by atoms with Crippen LogP contribution in [0.4, 0.5) is 0 Å². The lowest BCUT2D eigenvalue weighted by Gasteiger charge is -2.42. The predicted octanol–water partition coefficient (Wildman–Crippen LogP) is 6.49. The summed E-state index contributed by atoms with van der Waals surface area (Å²) in [6, 6.07) is 38.3. The molecule has 5 aromatic rings. The third kappa shape index (κ3) is 8.92. The summed E-state index contributed by atoms with van der Waals surface area (Å²) in [6.07, 6.45) is -2.03. The van der Waals surface area contributed by atoms with Gasteiger partial charge in [0.2, 0.25) is 10.0 Å². The van der Waals surface area contributed by atoms with Gasteiger partial charge in [-0.3, -0.25) is 0 Å². The number of aliphatic hydroxyl groups excluding tert-OH is 2. The standard InChI is InChI=1S/C41H44N2O7S/c1-28-39(26-43(2)25-38(46)33-10-8-11-35(45)23-33)49-41(50-40(28)31-17-15-29(27-44)16-18-31)32-21-19-30(20-22-32)37-14-7-6-9-34(37)24-42-51(47,48)36-12-4-3-5-13-36/h3-23,28,38-42,44-46H,24-27H2,1-2H3. The monoisotopic (exact) mass is 708 g/mol. The molecule has 0 spiro atoms. The van der Waals surface area contributed by atoms with E-state index in [2.05, 4.69) is 11.6 Å². The second-order valence-corrected chi connectivity index (χ2v) is 14.8. The molecular weight excluding hydrogens is 665 g/mol. The zero-order chi connectivity index (χ0) is 36.0. The molecule has 0 aliphatic carbocycles. The van der Waals surface area contributed by atoms with Gasteiger partial charge in [-0.1, -0.05) is 110 Å². The maximum absolute atomic E-state index is 12.9. The summed E-state index contributed by atoms with van der Waals surface area (Å²) < 4.78 is 41.8. The van der Waals surface area contributed by atoms with Crippen LogP contribution in [0.5, 0.6) is 5.75 Å². The Morgan fingerprint density at radius 3 is 2.22 bits per heavy atom. The maximum Gasteiger partial charge on any atom is 0.240 e. The topological polar surface area (TPSA) is 129 Å². The Labute approximate surface area is 299 Å². The van der Waals surface area contributed by atoms with Crippen LogP contribution in [0.15, 0.2) is 132 Å². The number of sulfonamides is 1. The van der Waals surface area contributed by atoms with Gasteiger partial charge in [0.05, 0.1) is 29.8 Å². The average Bonchev–Trinajstić information content (AvgIpc) is 3.15. The first kappa shape index (κ1) is 36.4. The predicted molar refractivity (Wildman–Crippen MR) is 196 cm³/mol. The van der Waals surface area contributed by atoms with Gasteiger partial charge in [-0.15, -0.1) is 0 Å². The van der Waals surface area contributed by atoms with Crippen LogP contribution in [-0.2, 0) is 32.6 Å². The van der Waals surface area contributed by atoms with E-state index in [1.807, 2.05) is 84.7 Å². The Kier molecular flexibility index (Phi) is 11.6. The summed E-state index contributed by atoms with van der Waals surface area (Å²) in [5.41, 5.74) is 5.93. The van der Waals surface area contributed by atoms with Gasteiger partial charge in [-0.25, -0.2) is 13.1 Å². The maximum atomic E-state index is 12.9. The molecule has 4 N–H and O–H groups in total. The SMILES string of the molecule is CC1C(CN(C)CC(O)c2cccc(O)c2)OC(c2ccc(-c3ccccc3CNS(=O)(=O)c3ccccc3)cc2)OC1c1ccc(CO)cc1. The highest BCUT2D eigenvalue weighted by Gasteiger charge is 2.39. The number of benzene rings is 5. The van der Waals surface area contributed by atoms with Crippen molar-refractivity contribution < 1.29 is 33.2 Å². The third-order valence-electron chi connectivity index (χ3n) is 9.37. The van der Waals surface area contributed by atoms with Crippen molar-refractivity contribution >= 4 is 10.0 Å². The summed E-state index contributed by atoms with van der Waals surface area (Å²) in [5.74, 6) is 0.0584. The van der Waals surface area contributed by atoms with Crippen LogP contribution in [0, 0.1) is 5.92 Å². The minimum atomic E-state index is -3.68. The van der Waals surface area contributed by atoms with Crippen LogP contribution >= 0.6 is 0 Å². The van der Waals surface area contributed by atoms with Gasteiger partial charge in [0.15, 0.2) is 6.29 Å². The van der Waals surface area contributed by atoms with Crippen molar-refractivity contribution in [2.75, 3.05) is 20.1 Å². The summed E-state index contributed by atoms with van der Waals surface area (Å²) in [4.78, 5) is 2.24. The molecule has 6 rings (SSSR count). The third-order valence-corrected chi connectivity index (χ3v) is 10.8. The number of nitrogens with zero attached hydrogens (tertiary/aromatic N) is 1. The molecule has 0 amide bonds. The van der Waals surface area contributed by atoms with Crippen molar-refractivity contribution in [3.05, 3.63) is 155 Å². The Hall–Kier alpha value is -4.39. The highest BCUT2D eigenvalue weighted by Crippen LogP contribution is 2.42. The molecule has 1 aliphatic rings. The molecule has 5 unspecified atom stereocenters. The molecule has 0 bridgehead atoms. The lowest BCUT2D eigenvalue weighted by molar-refractivity contribution is -0.276. The van der Waals surface area contributed by atoms with Gasteiger partial charge < -0.3 is 29.7 Å². The second-order valence-electron chi connectivity index (χ2n) is 13.1. The van der Waals surface area contributed by atoms with E-state index in [-0.39, 0.29) is 41.9 Å². The quantitative estimate of drug-likeness (QED) is 0.109. The smallest absolute Gasteiger partial charge is 0.240 e. The molecule has 1 heterocycles. The van der Waals surface area contributed by atoms with Gasteiger partial charge in [0, 0.05) is 31.1 Å². The van der Waals surface area contributed by atoms with E-state index in [1.165, 1.54) is 0 Å². The number of phenolic OH excluding ortho intramolecular Hbond substituents is 1. The molecule has 5 aromatic carbocycles. The zero-order valence-corrected chi connectivity index (χ0v) is 29.5. The highest BCUT2D eigenvalue weighted by atomic mass is 32.2. The number of aliphatic hydroxyl groups is 2. The minimum absolute atomic E-state index is 0.0452. The molecule has 0 aromatic heterocycles. The molecule has 9 nitrogen and oxygen atoms in total. The first-order valence-corrected chi connectivity index (χ1v) is 18.5. The second kappa shape index (κ2) is 16.3. The van der Waals surface area contributed by atoms with Gasteiger partial charge in [0.1, 0.15) is 5.75 Å². The van der Waals surface area contributed by atoms with Crippen molar-refractivity contribution in [3.63, 3.8) is 0 Å². The number of likely N-dealkylation sites (N-methyl/N-ethyl adjacent to an activating group) is 1. The van der Waals surface area contributed by atoms with Crippen LogP contribution in [-0.4, -0.2) is 54.9 Å². The Morgan fingerprint density at radius 2 is 1.51 bits per heavy atom. The van der Waals surface area contributed by atoms with Crippen molar-refractivity contribution in [3.8, 4) is 16.9 Å². The fraction of sp³-hybridized carbons (Fsp3) is 0.268. The molecule has 0 saturated carbocycles. The van der Waals surface area contributed by atoms with Crippen molar-refractivity contribution in [1.82, 2.24) is 9.62 Å². The first-order valence-electron chi connectivity index (χ1n) is 17.0. The fourth-order valence-corrected chi connectivity index (χ4v) is 7.50. The van der Waals surface area contributed by atoms with Crippen LogP contribution < -0.4 is 4.72 Å². The minimum Gasteiger partial charge on any atom is -0.508 e. The molecule has 0 radical (unpaired) electrons. The van der Waals surface area contributed by atoms with E-state index in [0.717, 1.165) is 33.4 Å². The number of hydrogen-bond acceptors (Lipinski definition) is 8. The highest BCUT2D eigenvalue weighted by molar-refractivity contribution is 7.89. The normalized spacial score (nSPS) is 19.9. The molecule has 1 saturated heterocycles. The van der Waals surface area contributed by atoms with E-state index in [1.54, 1.807) is 54.6 Å². The number of nitrogens with one attached hydrogen (secondary N) is 1. The lowest BCUT2D eigenvalue weighted by Crippen LogP contribution is -2.44. The zero-order valence-electron chi connectivity index (χ0n) is 28.7. The molecule has 5 atom stereocenters. The summed E-state index contributed by atoms with van der Waals surface area (Å²) in [7, 11) is -1.74. The Bertz CT molecular complexity index is 1990. The fourth-order valence-electron chi connectivity index (χ4n) is 6.47. The van der Waals surface area contributed by atoms with Crippen molar-refractivity contribution in [2.24, 2.45) is 5.92 Å². The molecule has 1 fully saturated rings. The van der Waals surface area contributed by atoms with E-state index in [9.17, 15) is 23.7 Å². The van der Waals surface area contributed by atoms with E-state index >= 15 is 0 Å². The summed E-state index contributed by atoms with van der Waals surface area (Å²) in [6.45, 7) is 3.04. The number of rotatable bonds is 13. The van der Waals surface area contributed by atoms with E-state index in [4.69, 9.17) is 9.47 Å². The van der Waals surface area contributed by atoms with Gasteiger partial charge >= 0.3 is 0 Å². The van der Waals surface area contributed by atoms with Crippen LogP contribution in [0.2, 0.25) is 0 Å². The summed E-state index contributed by atoms with van der Waals surface area (Å²) >= 11 is 0. The van der Waals surface area contributed by atoms with Crippen LogP contribution in [0.3, 0.4) is 0 Å². The van der Waals surface area contributed by atoms with Crippen molar-refractivity contribution in [1.29, 1.82) is 0 Å². The van der Waals surface area contributed by atoms with Gasteiger partial charge in [-0.05, 0) is 64.7 Å². The van der Waals surface area contributed by atoms with Gasteiger partial charge in [0.25, 0.3) is 0 Å². The lowest BCUT2D eigenvalue weighted by atomic mass is 9.90. The van der Waals surface area contributed by atoms with E-state index < -0.39 is 22.4 Å². The molecule has 266 valence electrons. The average molecular weight is 709 g/mol. The number of ether oxygens (including phenoxy) is 2. The largest absolute Gasteiger partial charge is 0.508 e. The number of hydrogen-bond donors (Lipinski definition) is 4. The van der Waals surface area contributed by atoms with Crippen LogP contribution in [0.25, 0.3) is 11.1 Å². The van der Waals surface area contributed by atoms with Gasteiger partial charge in [-0.2, -0.15) is 0 Å². The molecular formula is C41H44N2O7S. The molecule has 51 heavy (non-hydrogen) atoms. The molecule has 10 heteroatoms. The molecule has 1 aliphatic heterocycles. The Morgan fingerprint density at radius 1 is 0.824 bits per heavy atom.